The summed E-state index contributed by atoms with van der Waals surface area (Å²) in [6, 6.07) is 13.0. The third-order valence-electron chi connectivity index (χ3n) is 6.91. The molecule has 1 atom stereocenters. The molecule has 1 unspecified atom stereocenters. The van der Waals surface area contributed by atoms with Crippen molar-refractivity contribution in [2.45, 2.75) is 69.5 Å². The van der Waals surface area contributed by atoms with Crippen molar-refractivity contribution in [3.63, 3.8) is 0 Å². The molecule has 0 radical (unpaired) electrons. The molecule has 0 aromatic heterocycles. The number of hydrogen-bond donors (Lipinski definition) is 1. The lowest BCUT2D eigenvalue weighted by Gasteiger charge is -2.30. The van der Waals surface area contributed by atoms with Gasteiger partial charge in [-0.2, -0.15) is 0 Å². The standard InChI is InChI=1S/C26H31N3O5S/c1-18-9-3-4-10-20(18)17-28(19(2)25(31)27-21-11-5-6-12-21)24(30)15-16-29-26(32)22-13-7-8-14-23(22)35(29,33)34/h3-4,7-10,13-14,19,21H,5-6,11-12,15-17H2,1-2H3,(H,27,31). The zero-order valence-electron chi connectivity index (χ0n) is 20.1. The van der Waals surface area contributed by atoms with Gasteiger partial charge in [-0.15, -0.1) is 0 Å². The van der Waals surface area contributed by atoms with E-state index in [9.17, 15) is 22.8 Å². The Balaban J connectivity index is 1.51. The molecular formula is C26H31N3O5S. The average molecular weight is 498 g/mol. The minimum Gasteiger partial charge on any atom is -0.352 e. The summed E-state index contributed by atoms with van der Waals surface area (Å²) in [4.78, 5) is 40.6. The first-order chi connectivity index (χ1) is 16.7. The number of amides is 3. The highest BCUT2D eigenvalue weighted by Crippen LogP contribution is 2.30. The van der Waals surface area contributed by atoms with E-state index >= 15 is 0 Å². The SMILES string of the molecule is Cc1ccccc1CN(C(=O)CCN1C(=O)c2ccccc2S1(=O)=O)C(C)C(=O)NC1CCCC1. The zero-order chi connectivity index (χ0) is 25.2. The number of nitrogens with zero attached hydrogens (tertiary/aromatic N) is 2. The first kappa shape index (κ1) is 24.9. The van der Waals surface area contributed by atoms with Crippen LogP contribution in [0.15, 0.2) is 53.4 Å². The van der Waals surface area contributed by atoms with E-state index < -0.39 is 22.0 Å². The van der Waals surface area contributed by atoms with Gasteiger partial charge in [0.15, 0.2) is 0 Å². The van der Waals surface area contributed by atoms with Crippen LogP contribution in [0.3, 0.4) is 0 Å². The molecule has 8 nitrogen and oxygen atoms in total. The van der Waals surface area contributed by atoms with Crippen molar-refractivity contribution in [1.82, 2.24) is 14.5 Å². The maximum Gasteiger partial charge on any atom is 0.269 e. The molecule has 0 saturated heterocycles. The molecule has 1 heterocycles. The van der Waals surface area contributed by atoms with Gasteiger partial charge in [0.25, 0.3) is 15.9 Å². The number of rotatable bonds is 8. The summed E-state index contributed by atoms with van der Waals surface area (Å²) in [5.41, 5.74) is 2.00. The highest BCUT2D eigenvalue weighted by atomic mass is 32.2. The number of carbonyl (C=O) groups excluding carboxylic acids is 3. The van der Waals surface area contributed by atoms with Crippen molar-refractivity contribution < 1.29 is 22.8 Å². The van der Waals surface area contributed by atoms with Crippen molar-refractivity contribution in [3.8, 4) is 0 Å². The molecule has 0 bridgehead atoms. The van der Waals surface area contributed by atoms with E-state index in [2.05, 4.69) is 5.32 Å². The predicted molar refractivity (Wildman–Crippen MR) is 131 cm³/mol. The third-order valence-corrected chi connectivity index (χ3v) is 8.75. The van der Waals surface area contributed by atoms with E-state index in [0.29, 0.717) is 0 Å². The number of sulfonamides is 1. The van der Waals surface area contributed by atoms with Crippen LogP contribution in [0, 0.1) is 6.92 Å². The molecule has 1 aliphatic heterocycles. The van der Waals surface area contributed by atoms with Crippen LogP contribution >= 0.6 is 0 Å². The molecule has 3 amide bonds. The molecule has 1 aliphatic carbocycles. The van der Waals surface area contributed by atoms with E-state index in [1.54, 1.807) is 19.1 Å². The summed E-state index contributed by atoms with van der Waals surface area (Å²) in [5, 5.41) is 3.05. The number of benzene rings is 2. The minimum absolute atomic E-state index is 0.0430. The van der Waals surface area contributed by atoms with E-state index in [4.69, 9.17) is 0 Å². The number of aryl methyl sites for hydroxylation is 1. The maximum absolute atomic E-state index is 13.4. The first-order valence-corrected chi connectivity index (χ1v) is 13.4. The number of nitrogens with one attached hydrogen (secondary N) is 1. The Morgan fingerprint density at radius 1 is 1.09 bits per heavy atom. The molecule has 2 aliphatic rings. The molecule has 1 N–H and O–H groups in total. The Morgan fingerprint density at radius 2 is 1.74 bits per heavy atom. The molecule has 9 heteroatoms. The Bertz CT molecular complexity index is 1240. The van der Waals surface area contributed by atoms with E-state index in [0.717, 1.165) is 41.1 Å². The lowest BCUT2D eigenvalue weighted by Crippen LogP contribution is -2.50. The summed E-state index contributed by atoms with van der Waals surface area (Å²) in [6.45, 7) is 3.56. The second-order valence-electron chi connectivity index (χ2n) is 9.24. The van der Waals surface area contributed by atoms with Gasteiger partial charge in [0.1, 0.15) is 10.9 Å². The van der Waals surface area contributed by atoms with Gasteiger partial charge in [0, 0.05) is 25.6 Å². The average Bonchev–Trinajstić information content (AvgIpc) is 3.41. The topological polar surface area (TPSA) is 104 Å². The quantitative estimate of drug-likeness (QED) is 0.604. The number of carbonyl (C=O) groups is 3. The van der Waals surface area contributed by atoms with Gasteiger partial charge >= 0.3 is 0 Å². The summed E-state index contributed by atoms with van der Waals surface area (Å²) in [6.07, 6.45) is 3.79. The largest absolute Gasteiger partial charge is 0.352 e. The van der Waals surface area contributed by atoms with E-state index in [-0.39, 0.29) is 47.8 Å². The zero-order valence-corrected chi connectivity index (χ0v) is 20.9. The number of fused-ring (bicyclic) bond motifs is 1. The smallest absolute Gasteiger partial charge is 0.269 e. The molecule has 186 valence electrons. The van der Waals surface area contributed by atoms with E-state index in [1.807, 2.05) is 31.2 Å². The van der Waals surface area contributed by atoms with Crippen LogP contribution in [0.4, 0.5) is 0 Å². The molecule has 0 spiro atoms. The Kier molecular flexibility index (Phi) is 7.25. The van der Waals surface area contributed by atoms with Crippen molar-refractivity contribution in [2.24, 2.45) is 0 Å². The van der Waals surface area contributed by atoms with Crippen LogP contribution in [0.1, 0.15) is 60.5 Å². The van der Waals surface area contributed by atoms with Crippen LogP contribution in [0.25, 0.3) is 0 Å². The summed E-state index contributed by atoms with van der Waals surface area (Å²) < 4.78 is 26.5. The van der Waals surface area contributed by atoms with Crippen LogP contribution in [-0.4, -0.2) is 54.0 Å². The Hall–Kier alpha value is -3.20. The maximum atomic E-state index is 13.4. The van der Waals surface area contributed by atoms with Crippen LogP contribution in [-0.2, 0) is 26.2 Å². The highest BCUT2D eigenvalue weighted by Gasteiger charge is 2.41. The molecule has 2 aromatic rings. The van der Waals surface area contributed by atoms with Crippen molar-refractivity contribution in [1.29, 1.82) is 0 Å². The summed E-state index contributed by atoms with van der Waals surface area (Å²) in [7, 11) is -4.00. The predicted octanol–water partition coefficient (Wildman–Crippen LogP) is 3.01. The highest BCUT2D eigenvalue weighted by molar-refractivity contribution is 7.90. The molecule has 1 fully saturated rings. The Labute approximate surface area is 206 Å². The molecule has 2 aromatic carbocycles. The van der Waals surface area contributed by atoms with Crippen LogP contribution in [0.5, 0.6) is 0 Å². The van der Waals surface area contributed by atoms with Gasteiger partial charge in [-0.25, -0.2) is 12.7 Å². The van der Waals surface area contributed by atoms with Crippen LogP contribution in [0.2, 0.25) is 0 Å². The van der Waals surface area contributed by atoms with Gasteiger partial charge in [-0.05, 0) is 49.9 Å². The Morgan fingerprint density at radius 3 is 2.43 bits per heavy atom. The molecule has 1 saturated carbocycles. The molecular weight excluding hydrogens is 466 g/mol. The fourth-order valence-corrected chi connectivity index (χ4v) is 6.31. The third kappa shape index (κ3) is 5.10. The van der Waals surface area contributed by atoms with Crippen molar-refractivity contribution in [3.05, 3.63) is 65.2 Å². The fraction of sp³-hybridized carbons (Fsp3) is 0.423. The summed E-state index contributed by atoms with van der Waals surface area (Å²) in [5.74, 6) is -1.25. The van der Waals surface area contributed by atoms with E-state index in [1.165, 1.54) is 17.0 Å². The fourth-order valence-electron chi connectivity index (χ4n) is 4.74. The molecule has 35 heavy (non-hydrogen) atoms. The first-order valence-electron chi connectivity index (χ1n) is 12.0. The minimum atomic E-state index is -4.00. The van der Waals surface area contributed by atoms with Crippen molar-refractivity contribution >= 4 is 27.7 Å². The van der Waals surface area contributed by atoms with Gasteiger partial charge in [0.05, 0.1) is 5.56 Å². The monoisotopic (exact) mass is 497 g/mol. The lowest BCUT2D eigenvalue weighted by molar-refractivity contribution is -0.141. The second-order valence-corrected chi connectivity index (χ2v) is 11.1. The van der Waals surface area contributed by atoms with Gasteiger partial charge in [-0.1, -0.05) is 49.2 Å². The second kappa shape index (κ2) is 10.2. The normalized spacial score (nSPS) is 17.8. The number of hydrogen-bond acceptors (Lipinski definition) is 5. The van der Waals surface area contributed by atoms with Crippen molar-refractivity contribution in [2.75, 3.05) is 6.54 Å². The van der Waals surface area contributed by atoms with Gasteiger partial charge in [0.2, 0.25) is 11.8 Å². The van der Waals surface area contributed by atoms with Gasteiger partial charge < -0.3 is 10.2 Å². The molecule has 4 rings (SSSR count). The summed E-state index contributed by atoms with van der Waals surface area (Å²) >= 11 is 0. The van der Waals surface area contributed by atoms with Crippen LogP contribution < -0.4 is 5.32 Å². The lowest BCUT2D eigenvalue weighted by atomic mass is 10.1. The van der Waals surface area contributed by atoms with Gasteiger partial charge in [-0.3, -0.25) is 14.4 Å².